The number of carbonyl (C=O) groups is 2. The van der Waals surface area contributed by atoms with Crippen molar-refractivity contribution in [2.75, 3.05) is 27.7 Å². The minimum atomic E-state index is -3.64. The van der Waals surface area contributed by atoms with Crippen LogP contribution in [0, 0.1) is 5.82 Å². The van der Waals surface area contributed by atoms with Crippen LogP contribution in [0.3, 0.4) is 0 Å². The third-order valence-electron chi connectivity index (χ3n) is 3.52. The van der Waals surface area contributed by atoms with Gasteiger partial charge in [0.1, 0.15) is 5.82 Å². The maximum Gasteiger partial charge on any atom is 0.232 e. The maximum absolute atomic E-state index is 13.1. The number of hydrogen-bond donors (Lipinski definition) is 2. The van der Waals surface area contributed by atoms with Gasteiger partial charge in [-0.25, -0.2) is 12.8 Å². The zero-order chi connectivity index (χ0) is 20.0. The molecule has 7 nitrogen and oxygen atoms in total. The van der Waals surface area contributed by atoms with Gasteiger partial charge in [-0.05, 0) is 42.5 Å². The Morgan fingerprint density at radius 2 is 1.63 bits per heavy atom. The first-order valence-electron chi connectivity index (χ1n) is 8.06. The Balaban J connectivity index is 2.04. The molecule has 0 heterocycles. The molecule has 2 N–H and O–H groups in total. The molecule has 2 amide bonds. The van der Waals surface area contributed by atoms with Crippen LogP contribution < -0.4 is 14.9 Å². The Morgan fingerprint density at radius 3 is 2.19 bits per heavy atom. The van der Waals surface area contributed by atoms with Crippen molar-refractivity contribution < 1.29 is 22.4 Å². The molecule has 0 aromatic heterocycles. The summed E-state index contributed by atoms with van der Waals surface area (Å²) in [5, 5.41) is 5.26. The lowest BCUT2D eigenvalue weighted by Gasteiger charge is -2.22. The van der Waals surface area contributed by atoms with Crippen LogP contribution in [0.4, 0.5) is 21.5 Å². The largest absolute Gasteiger partial charge is 0.326 e. The molecule has 0 atom stereocenters. The molecule has 9 heteroatoms. The molecule has 2 rings (SSSR count). The first-order chi connectivity index (χ1) is 12.6. The van der Waals surface area contributed by atoms with Gasteiger partial charge in [-0.15, -0.1) is 0 Å². The number of rotatable bonds is 7. The van der Waals surface area contributed by atoms with E-state index in [1.165, 1.54) is 19.1 Å². The van der Waals surface area contributed by atoms with Gasteiger partial charge in [0.25, 0.3) is 0 Å². The highest BCUT2D eigenvalue weighted by Gasteiger charge is 2.18. The van der Waals surface area contributed by atoms with E-state index in [2.05, 4.69) is 10.6 Å². The molecule has 0 aliphatic rings. The zero-order valence-corrected chi connectivity index (χ0v) is 15.7. The first kappa shape index (κ1) is 20.4. The van der Waals surface area contributed by atoms with E-state index in [4.69, 9.17) is 0 Å². The van der Waals surface area contributed by atoms with Gasteiger partial charge in [-0.3, -0.25) is 13.9 Å². The van der Waals surface area contributed by atoms with E-state index in [1.54, 1.807) is 24.3 Å². The Bertz CT molecular complexity index is 930. The van der Waals surface area contributed by atoms with Crippen LogP contribution in [0.1, 0.15) is 13.3 Å². The summed E-state index contributed by atoms with van der Waals surface area (Å²) in [5.41, 5.74) is 1.28. The fraction of sp³-hybridized carbons (Fsp3) is 0.222. The third-order valence-corrected chi connectivity index (χ3v) is 4.72. The van der Waals surface area contributed by atoms with Crippen molar-refractivity contribution in [3.63, 3.8) is 0 Å². The van der Waals surface area contributed by atoms with Gasteiger partial charge in [0.2, 0.25) is 21.8 Å². The molecule has 2 aromatic rings. The van der Waals surface area contributed by atoms with Gasteiger partial charge in [0, 0.05) is 31.3 Å². The van der Waals surface area contributed by atoms with Gasteiger partial charge in [0.05, 0.1) is 11.9 Å². The minimum Gasteiger partial charge on any atom is -0.326 e. The van der Waals surface area contributed by atoms with Crippen LogP contribution in [-0.4, -0.2) is 33.0 Å². The molecular weight excluding hydrogens is 373 g/mol. The van der Waals surface area contributed by atoms with Crippen LogP contribution in [0.15, 0.2) is 48.5 Å². The van der Waals surface area contributed by atoms with Crippen LogP contribution in [0.2, 0.25) is 0 Å². The number of hydrogen-bond acceptors (Lipinski definition) is 4. The number of benzene rings is 2. The van der Waals surface area contributed by atoms with Crippen LogP contribution in [0.5, 0.6) is 0 Å². The second-order valence-electron chi connectivity index (χ2n) is 5.87. The van der Waals surface area contributed by atoms with E-state index in [-0.39, 0.29) is 24.6 Å². The summed E-state index contributed by atoms with van der Waals surface area (Å²) in [6.07, 6.45) is 0.917. The average molecular weight is 393 g/mol. The Labute approximate surface area is 157 Å². The van der Waals surface area contributed by atoms with Gasteiger partial charge in [-0.2, -0.15) is 0 Å². The molecule has 0 fully saturated rings. The van der Waals surface area contributed by atoms with Crippen LogP contribution in [0.25, 0.3) is 0 Å². The number of amides is 2. The van der Waals surface area contributed by atoms with Crippen LogP contribution >= 0.6 is 0 Å². The van der Waals surface area contributed by atoms with Crippen molar-refractivity contribution in [1.29, 1.82) is 0 Å². The first-order valence-corrected chi connectivity index (χ1v) is 9.91. The number of halogens is 1. The molecule has 0 radical (unpaired) electrons. The van der Waals surface area contributed by atoms with E-state index in [9.17, 15) is 22.4 Å². The highest BCUT2D eigenvalue weighted by molar-refractivity contribution is 7.92. The van der Waals surface area contributed by atoms with Crippen molar-refractivity contribution in [1.82, 2.24) is 0 Å². The summed E-state index contributed by atoms with van der Waals surface area (Å²) in [5.74, 6) is -1.11. The molecule has 0 saturated heterocycles. The van der Waals surface area contributed by atoms with E-state index in [0.29, 0.717) is 11.4 Å². The molecule has 0 aliphatic carbocycles. The fourth-order valence-corrected chi connectivity index (χ4v) is 3.33. The number of carbonyl (C=O) groups excluding carboxylic acids is 2. The van der Waals surface area contributed by atoms with Crippen molar-refractivity contribution in [2.24, 2.45) is 0 Å². The SMILES string of the molecule is CC(=O)Nc1cccc(NC(=O)CCN(c2ccc(F)cc2)S(C)(=O)=O)c1. The molecular formula is C18H20FN3O4S. The van der Waals surface area contributed by atoms with Crippen LogP contribution in [-0.2, 0) is 19.6 Å². The van der Waals surface area contributed by atoms with Gasteiger partial charge >= 0.3 is 0 Å². The number of anilines is 3. The molecule has 27 heavy (non-hydrogen) atoms. The highest BCUT2D eigenvalue weighted by atomic mass is 32.2. The minimum absolute atomic E-state index is 0.0955. The Hall–Kier alpha value is -2.94. The van der Waals surface area contributed by atoms with Crippen molar-refractivity contribution in [2.45, 2.75) is 13.3 Å². The average Bonchev–Trinajstić information content (AvgIpc) is 2.55. The van der Waals surface area contributed by atoms with Crippen molar-refractivity contribution >= 4 is 38.9 Å². The number of nitrogens with zero attached hydrogens (tertiary/aromatic N) is 1. The summed E-state index contributed by atoms with van der Waals surface area (Å²) >= 11 is 0. The predicted molar refractivity (Wildman–Crippen MR) is 103 cm³/mol. The standard InChI is InChI=1S/C18H20FN3O4S/c1-13(23)20-15-4-3-5-16(12-15)21-18(24)10-11-22(27(2,25)26)17-8-6-14(19)7-9-17/h3-9,12H,10-11H2,1-2H3,(H,20,23)(H,21,24). The Morgan fingerprint density at radius 1 is 1.04 bits per heavy atom. The second kappa shape index (κ2) is 8.63. The quantitative estimate of drug-likeness (QED) is 0.756. The van der Waals surface area contributed by atoms with Gasteiger partial charge in [-0.1, -0.05) is 6.07 Å². The molecule has 0 bridgehead atoms. The molecule has 2 aromatic carbocycles. The predicted octanol–water partition coefficient (Wildman–Crippen LogP) is 2.58. The smallest absolute Gasteiger partial charge is 0.232 e. The topological polar surface area (TPSA) is 95.6 Å². The summed E-state index contributed by atoms with van der Waals surface area (Å²) in [6, 6.07) is 11.6. The zero-order valence-electron chi connectivity index (χ0n) is 14.9. The lowest BCUT2D eigenvalue weighted by atomic mass is 10.2. The summed E-state index contributed by atoms with van der Waals surface area (Å²) in [6.45, 7) is 1.28. The van der Waals surface area contributed by atoms with E-state index in [1.807, 2.05) is 0 Å². The lowest BCUT2D eigenvalue weighted by molar-refractivity contribution is -0.116. The summed E-state index contributed by atoms with van der Waals surface area (Å²) in [7, 11) is -3.64. The molecule has 0 spiro atoms. The summed E-state index contributed by atoms with van der Waals surface area (Å²) < 4.78 is 38.1. The maximum atomic E-state index is 13.1. The highest BCUT2D eigenvalue weighted by Crippen LogP contribution is 2.19. The van der Waals surface area contributed by atoms with E-state index in [0.717, 1.165) is 22.7 Å². The molecule has 0 unspecified atom stereocenters. The molecule has 0 aliphatic heterocycles. The second-order valence-corrected chi connectivity index (χ2v) is 7.78. The summed E-state index contributed by atoms with van der Waals surface area (Å²) in [4.78, 5) is 23.3. The lowest BCUT2D eigenvalue weighted by Crippen LogP contribution is -2.33. The normalized spacial score (nSPS) is 10.9. The van der Waals surface area contributed by atoms with Crippen molar-refractivity contribution in [3.05, 3.63) is 54.3 Å². The molecule has 0 saturated carbocycles. The number of nitrogens with one attached hydrogen (secondary N) is 2. The van der Waals surface area contributed by atoms with Crippen molar-refractivity contribution in [3.8, 4) is 0 Å². The van der Waals surface area contributed by atoms with E-state index >= 15 is 0 Å². The van der Waals surface area contributed by atoms with E-state index < -0.39 is 21.7 Å². The third kappa shape index (κ3) is 6.37. The monoisotopic (exact) mass is 393 g/mol. The number of sulfonamides is 1. The van der Waals surface area contributed by atoms with Gasteiger partial charge < -0.3 is 10.6 Å². The molecule has 144 valence electrons. The van der Waals surface area contributed by atoms with Gasteiger partial charge in [0.15, 0.2) is 0 Å². The fourth-order valence-electron chi connectivity index (χ4n) is 2.40. The Kier molecular flexibility index (Phi) is 6.51.